The van der Waals surface area contributed by atoms with Gasteiger partial charge >= 0.3 is 0 Å². The van der Waals surface area contributed by atoms with Crippen molar-refractivity contribution in [2.24, 2.45) is 0 Å². The average molecular weight is 281 g/mol. The van der Waals surface area contributed by atoms with E-state index in [1.807, 2.05) is 25.1 Å². The number of nitrogens with zero attached hydrogens (tertiary/aromatic N) is 2. The van der Waals surface area contributed by atoms with E-state index in [0.29, 0.717) is 11.6 Å². The van der Waals surface area contributed by atoms with Gasteiger partial charge in [-0.15, -0.1) is 0 Å². The molecule has 108 valence electrons. The van der Waals surface area contributed by atoms with Crippen molar-refractivity contribution in [3.05, 3.63) is 47.2 Å². The van der Waals surface area contributed by atoms with Crippen molar-refractivity contribution in [3.63, 3.8) is 0 Å². The van der Waals surface area contributed by atoms with Crippen LogP contribution in [0.1, 0.15) is 37.6 Å². The summed E-state index contributed by atoms with van der Waals surface area (Å²) in [6.45, 7) is 8.44. The number of ether oxygens (including phenoxy) is 1. The maximum atomic E-state index is 8.98. The Hall–Kier alpha value is -2.54. The molecule has 4 heteroatoms. The number of benzene rings is 1. The largest absolute Gasteiger partial charge is 0.439 e. The quantitative estimate of drug-likeness (QED) is 0.905. The second-order valence-corrected chi connectivity index (χ2v) is 6.05. The Labute approximate surface area is 125 Å². The fraction of sp³-hybridized carbons (Fsp3) is 0.294. The van der Waals surface area contributed by atoms with Crippen molar-refractivity contribution in [2.75, 3.05) is 5.73 Å². The number of aryl methyl sites for hydroxylation is 1. The van der Waals surface area contributed by atoms with Gasteiger partial charge in [-0.05, 0) is 24.5 Å². The summed E-state index contributed by atoms with van der Waals surface area (Å²) in [4.78, 5) is 4.12. The van der Waals surface area contributed by atoms with Gasteiger partial charge in [-0.1, -0.05) is 38.5 Å². The zero-order chi connectivity index (χ0) is 15.6. The van der Waals surface area contributed by atoms with Gasteiger partial charge in [0.15, 0.2) is 5.69 Å². The van der Waals surface area contributed by atoms with Crippen LogP contribution in [-0.2, 0) is 5.41 Å². The molecule has 1 heterocycles. The molecule has 0 radical (unpaired) electrons. The predicted molar refractivity (Wildman–Crippen MR) is 83.3 cm³/mol. The van der Waals surface area contributed by atoms with E-state index in [0.717, 1.165) is 11.3 Å². The van der Waals surface area contributed by atoms with Gasteiger partial charge in [0.05, 0.1) is 5.69 Å². The maximum Gasteiger partial charge on any atom is 0.220 e. The van der Waals surface area contributed by atoms with E-state index in [1.165, 1.54) is 5.56 Å². The first-order valence-electron chi connectivity index (χ1n) is 6.77. The molecule has 2 rings (SSSR count). The highest BCUT2D eigenvalue weighted by molar-refractivity contribution is 5.51. The minimum absolute atomic E-state index is 0.0484. The van der Waals surface area contributed by atoms with E-state index in [1.54, 1.807) is 12.1 Å². The molecule has 0 unspecified atom stereocenters. The minimum Gasteiger partial charge on any atom is -0.439 e. The van der Waals surface area contributed by atoms with Crippen LogP contribution in [0.25, 0.3) is 0 Å². The van der Waals surface area contributed by atoms with Gasteiger partial charge in [-0.25, -0.2) is 4.98 Å². The standard InChI is InChI=1S/C17H19N3O/c1-11-5-7-15(12(9-11)17(2,3)4)21-16-8-6-13(19)14(10-18)20-16/h5-9H,19H2,1-4H3. The van der Waals surface area contributed by atoms with Crippen molar-refractivity contribution < 1.29 is 4.74 Å². The van der Waals surface area contributed by atoms with Crippen LogP contribution in [0, 0.1) is 18.3 Å². The maximum absolute atomic E-state index is 8.98. The number of hydrogen-bond acceptors (Lipinski definition) is 4. The second kappa shape index (κ2) is 5.45. The van der Waals surface area contributed by atoms with Crippen molar-refractivity contribution in [1.82, 2.24) is 4.98 Å². The van der Waals surface area contributed by atoms with Crippen molar-refractivity contribution in [2.45, 2.75) is 33.1 Å². The lowest BCUT2D eigenvalue weighted by Gasteiger charge is -2.23. The average Bonchev–Trinajstić information content (AvgIpc) is 2.41. The topological polar surface area (TPSA) is 71.9 Å². The van der Waals surface area contributed by atoms with Gasteiger partial charge in [0, 0.05) is 11.6 Å². The molecule has 1 aromatic carbocycles. The monoisotopic (exact) mass is 281 g/mol. The molecule has 0 bridgehead atoms. The van der Waals surface area contributed by atoms with Crippen LogP contribution in [0.15, 0.2) is 30.3 Å². The Bertz CT molecular complexity index is 709. The molecule has 0 aliphatic carbocycles. The third-order valence-corrected chi connectivity index (χ3v) is 3.16. The SMILES string of the molecule is Cc1ccc(Oc2ccc(N)c(C#N)n2)c(C(C)(C)C)c1. The Morgan fingerprint density at radius 1 is 1.19 bits per heavy atom. The summed E-state index contributed by atoms with van der Waals surface area (Å²) in [5.74, 6) is 1.12. The number of hydrogen-bond donors (Lipinski definition) is 1. The van der Waals surface area contributed by atoms with E-state index in [9.17, 15) is 0 Å². The molecular formula is C17H19N3O. The summed E-state index contributed by atoms with van der Waals surface area (Å²) in [7, 11) is 0. The molecular weight excluding hydrogens is 262 g/mol. The lowest BCUT2D eigenvalue weighted by molar-refractivity contribution is 0.439. The van der Waals surface area contributed by atoms with Crippen molar-refractivity contribution in [1.29, 1.82) is 5.26 Å². The molecule has 0 aliphatic heterocycles. The van der Waals surface area contributed by atoms with Crippen LogP contribution in [-0.4, -0.2) is 4.98 Å². The molecule has 0 fully saturated rings. The minimum atomic E-state index is -0.0484. The fourth-order valence-electron chi connectivity index (χ4n) is 2.03. The Balaban J connectivity index is 2.43. The predicted octanol–water partition coefficient (Wildman–Crippen LogP) is 3.93. The zero-order valence-corrected chi connectivity index (χ0v) is 12.8. The summed E-state index contributed by atoms with van der Waals surface area (Å²) in [5, 5.41) is 8.98. The normalized spacial score (nSPS) is 11.0. The highest BCUT2D eigenvalue weighted by Crippen LogP contribution is 2.34. The Morgan fingerprint density at radius 3 is 2.52 bits per heavy atom. The number of rotatable bonds is 2. The van der Waals surface area contributed by atoms with E-state index >= 15 is 0 Å². The Kier molecular flexibility index (Phi) is 3.86. The fourth-order valence-corrected chi connectivity index (χ4v) is 2.03. The summed E-state index contributed by atoms with van der Waals surface area (Å²) in [6, 6.07) is 11.3. The van der Waals surface area contributed by atoms with Crippen LogP contribution in [0.2, 0.25) is 0 Å². The number of nitrogens with two attached hydrogens (primary N) is 1. The number of nitriles is 1. The molecule has 2 N–H and O–H groups in total. The highest BCUT2D eigenvalue weighted by atomic mass is 16.5. The molecule has 0 saturated carbocycles. The highest BCUT2D eigenvalue weighted by Gasteiger charge is 2.20. The van der Waals surface area contributed by atoms with E-state index in [2.05, 4.69) is 31.8 Å². The number of pyridine rings is 1. The molecule has 1 aromatic heterocycles. The van der Waals surface area contributed by atoms with Gasteiger partial charge in [0.2, 0.25) is 5.88 Å². The second-order valence-electron chi connectivity index (χ2n) is 6.05. The third kappa shape index (κ3) is 3.32. The summed E-state index contributed by atoms with van der Waals surface area (Å²) in [6.07, 6.45) is 0. The van der Waals surface area contributed by atoms with Gasteiger partial charge in [-0.2, -0.15) is 5.26 Å². The van der Waals surface area contributed by atoms with E-state index < -0.39 is 0 Å². The summed E-state index contributed by atoms with van der Waals surface area (Å²) >= 11 is 0. The molecule has 0 aliphatic rings. The van der Waals surface area contributed by atoms with Gasteiger partial charge < -0.3 is 10.5 Å². The first-order valence-corrected chi connectivity index (χ1v) is 6.77. The van der Waals surface area contributed by atoms with Crippen LogP contribution >= 0.6 is 0 Å². The van der Waals surface area contributed by atoms with E-state index in [4.69, 9.17) is 15.7 Å². The molecule has 0 saturated heterocycles. The third-order valence-electron chi connectivity index (χ3n) is 3.16. The van der Waals surface area contributed by atoms with Crippen molar-refractivity contribution in [3.8, 4) is 17.7 Å². The van der Waals surface area contributed by atoms with Crippen molar-refractivity contribution >= 4 is 5.69 Å². The lowest BCUT2D eigenvalue weighted by atomic mass is 9.85. The van der Waals surface area contributed by atoms with Gasteiger partial charge in [-0.3, -0.25) is 0 Å². The Morgan fingerprint density at radius 2 is 1.90 bits per heavy atom. The molecule has 0 spiro atoms. The zero-order valence-electron chi connectivity index (χ0n) is 12.8. The smallest absolute Gasteiger partial charge is 0.220 e. The van der Waals surface area contributed by atoms with Gasteiger partial charge in [0.1, 0.15) is 11.8 Å². The number of aromatic nitrogens is 1. The van der Waals surface area contributed by atoms with Gasteiger partial charge in [0.25, 0.3) is 0 Å². The molecule has 4 nitrogen and oxygen atoms in total. The summed E-state index contributed by atoms with van der Waals surface area (Å²) < 4.78 is 5.87. The molecule has 0 atom stereocenters. The van der Waals surface area contributed by atoms with Crippen LogP contribution < -0.4 is 10.5 Å². The molecule has 21 heavy (non-hydrogen) atoms. The van der Waals surface area contributed by atoms with E-state index in [-0.39, 0.29) is 11.1 Å². The number of nitrogen functional groups attached to an aromatic ring is 1. The molecule has 2 aromatic rings. The first-order chi connectivity index (χ1) is 9.81. The lowest BCUT2D eigenvalue weighted by Crippen LogP contribution is -2.13. The summed E-state index contributed by atoms with van der Waals surface area (Å²) in [5.41, 5.74) is 8.43. The van der Waals surface area contributed by atoms with Crippen LogP contribution in [0.3, 0.4) is 0 Å². The van der Waals surface area contributed by atoms with Crippen LogP contribution in [0.5, 0.6) is 11.6 Å². The first kappa shape index (κ1) is 14.9. The molecule has 0 amide bonds. The number of anilines is 1. The van der Waals surface area contributed by atoms with Crippen LogP contribution in [0.4, 0.5) is 5.69 Å².